The number of carbonyl (C=O) groups excluding carboxylic acids is 1. The van der Waals surface area contributed by atoms with Gasteiger partial charge in [-0.25, -0.2) is 0 Å². The highest BCUT2D eigenvalue weighted by atomic mass is 16.5. The standard InChI is InChI=1S/C16H17NO2/c1-17(14-6-4-3-5-7-14)12-16(18)13-8-10-15(19-2)11-9-13/h3-11H,12H2,1-2H3. The molecule has 0 unspecified atom stereocenters. The number of hydrogen-bond acceptors (Lipinski definition) is 3. The number of carbonyl (C=O) groups is 1. The lowest BCUT2D eigenvalue weighted by atomic mass is 10.1. The number of ether oxygens (including phenoxy) is 1. The van der Waals surface area contributed by atoms with Gasteiger partial charge >= 0.3 is 0 Å². The number of Topliss-reactive ketones (excluding diaryl/α,β-unsaturated/α-hetero) is 1. The van der Waals surface area contributed by atoms with Gasteiger partial charge in [0.25, 0.3) is 0 Å². The summed E-state index contributed by atoms with van der Waals surface area (Å²) >= 11 is 0. The molecule has 2 rings (SSSR count). The molecule has 0 spiro atoms. The maximum atomic E-state index is 12.1. The van der Waals surface area contributed by atoms with Crippen molar-refractivity contribution < 1.29 is 9.53 Å². The van der Waals surface area contributed by atoms with E-state index in [1.165, 1.54) is 0 Å². The number of likely N-dealkylation sites (N-methyl/N-ethyl adjacent to an activating group) is 1. The van der Waals surface area contributed by atoms with E-state index in [9.17, 15) is 4.79 Å². The van der Waals surface area contributed by atoms with Crippen molar-refractivity contribution in [2.75, 3.05) is 25.6 Å². The average Bonchev–Trinajstić information content (AvgIpc) is 2.48. The molecule has 0 aliphatic rings. The van der Waals surface area contributed by atoms with Gasteiger partial charge in [-0.15, -0.1) is 0 Å². The fourth-order valence-corrected chi connectivity index (χ4v) is 1.86. The number of rotatable bonds is 5. The van der Waals surface area contributed by atoms with Gasteiger partial charge in [-0.1, -0.05) is 18.2 Å². The summed E-state index contributed by atoms with van der Waals surface area (Å²) in [5, 5.41) is 0. The molecule has 2 aromatic carbocycles. The Morgan fingerprint density at radius 2 is 1.68 bits per heavy atom. The molecule has 3 heteroatoms. The van der Waals surface area contributed by atoms with E-state index < -0.39 is 0 Å². The second kappa shape index (κ2) is 6.05. The number of benzene rings is 2. The monoisotopic (exact) mass is 255 g/mol. The first-order valence-electron chi connectivity index (χ1n) is 6.14. The van der Waals surface area contributed by atoms with Gasteiger partial charge in [0.2, 0.25) is 0 Å². The van der Waals surface area contributed by atoms with E-state index in [1.54, 1.807) is 31.4 Å². The Morgan fingerprint density at radius 1 is 1.05 bits per heavy atom. The van der Waals surface area contributed by atoms with Crippen molar-refractivity contribution in [1.29, 1.82) is 0 Å². The Balaban J connectivity index is 2.04. The van der Waals surface area contributed by atoms with Gasteiger partial charge in [-0.2, -0.15) is 0 Å². The van der Waals surface area contributed by atoms with Crippen molar-refractivity contribution in [3.63, 3.8) is 0 Å². The predicted octanol–water partition coefficient (Wildman–Crippen LogP) is 3.01. The minimum absolute atomic E-state index is 0.0917. The first kappa shape index (κ1) is 13.1. The molecule has 0 heterocycles. The fourth-order valence-electron chi connectivity index (χ4n) is 1.86. The summed E-state index contributed by atoms with van der Waals surface area (Å²) in [6, 6.07) is 17.0. The molecule has 19 heavy (non-hydrogen) atoms. The van der Waals surface area contributed by atoms with Crippen molar-refractivity contribution >= 4 is 11.5 Å². The minimum Gasteiger partial charge on any atom is -0.497 e. The van der Waals surface area contributed by atoms with Crippen LogP contribution < -0.4 is 9.64 Å². The SMILES string of the molecule is COc1ccc(C(=O)CN(C)c2ccccc2)cc1. The maximum Gasteiger partial charge on any atom is 0.182 e. The van der Waals surface area contributed by atoms with Crippen LogP contribution in [0.25, 0.3) is 0 Å². The Labute approximate surface area is 113 Å². The Bertz CT molecular complexity index is 534. The number of ketones is 1. The van der Waals surface area contributed by atoms with Crippen molar-refractivity contribution in [1.82, 2.24) is 0 Å². The molecule has 0 saturated carbocycles. The smallest absolute Gasteiger partial charge is 0.182 e. The van der Waals surface area contributed by atoms with Crippen LogP contribution >= 0.6 is 0 Å². The summed E-state index contributed by atoms with van der Waals surface area (Å²) < 4.78 is 5.08. The van der Waals surface area contributed by atoms with Crippen molar-refractivity contribution in [3.05, 3.63) is 60.2 Å². The third kappa shape index (κ3) is 3.35. The quantitative estimate of drug-likeness (QED) is 0.769. The molecule has 3 nitrogen and oxygen atoms in total. The molecule has 0 radical (unpaired) electrons. The average molecular weight is 255 g/mol. The molecule has 0 aliphatic heterocycles. The maximum absolute atomic E-state index is 12.1. The molecule has 0 saturated heterocycles. The highest BCUT2D eigenvalue weighted by molar-refractivity contribution is 5.99. The van der Waals surface area contributed by atoms with Crippen LogP contribution in [0.4, 0.5) is 5.69 Å². The van der Waals surface area contributed by atoms with Crippen LogP contribution in [0, 0.1) is 0 Å². The van der Waals surface area contributed by atoms with Crippen LogP contribution in [-0.4, -0.2) is 26.5 Å². The van der Waals surface area contributed by atoms with E-state index in [-0.39, 0.29) is 5.78 Å². The van der Waals surface area contributed by atoms with E-state index in [0.717, 1.165) is 11.4 Å². The molecule has 0 atom stereocenters. The minimum atomic E-state index is 0.0917. The Kier molecular flexibility index (Phi) is 4.18. The summed E-state index contributed by atoms with van der Waals surface area (Å²) in [7, 11) is 3.52. The van der Waals surface area contributed by atoms with Crippen LogP contribution in [0.2, 0.25) is 0 Å². The summed E-state index contributed by atoms with van der Waals surface area (Å²) in [5.41, 5.74) is 1.73. The van der Waals surface area contributed by atoms with E-state index >= 15 is 0 Å². The van der Waals surface area contributed by atoms with Gasteiger partial charge in [0.1, 0.15) is 5.75 Å². The summed E-state index contributed by atoms with van der Waals surface area (Å²) in [6.45, 7) is 0.357. The Morgan fingerprint density at radius 3 is 2.26 bits per heavy atom. The van der Waals surface area contributed by atoms with Crippen LogP contribution in [0.3, 0.4) is 0 Å². The van der Waals surface area contributed by atoms with E-state index in [2.05, 4.69) is 0 Å². The molecule has 2 aromatic rings. The van der Waals surface area contributed by atoms with Gasteiger partial charge < -0.3 is 9.64 Å². The van der Waals surface area contributed by atoms with Crippen LogP contribution in [0.5, 0.6) is 5.75 Å². The van der Waals surface area contributed by atoms with Crippen LogP contribution in [0.15, 0.2) is 54.6 Å². The number of anilines is 1. The lowest BCUT2D eigenvalue weighted by Gasteiger charge is -2.18. The van der Waals surface area contributed by atoms with E-state index in [1.807, 2.05) is 42.3 Å². The number of methoxy groups -OCH3 is 1. The molecule has 0 bridgehead atoms. The third-order valence-corrected chi connectivity index (χ3v) is 2.99. The Hall–Kier alpha value is -2.29. The molecular formula is C16H17NO2. The highest BCUT2D eigenvalue weighted by Gasteiger charge is 2.09. The van der Waals surface area contributed by atoms with Gasteiger partial charge in [0, 0.05) is 18.3 Å². The largest absolute Gasteiger partial charge is 0.497 e. The zero-order valence-electron chi connectivity index (χ0n) is 11.2. The van der Waals surface area contributed by atoms with Gasteiger partial charge in [-0.05, 0) is 36.4 Å². The molecule has 98 valence electrons. The molecule has 0 fully saturated rings. The van der Waals surface area contributed by atoms with Crippen LogP contribution in [0.1, 0.15) is 10.4 Å². The zero-order chi connectivity index (χ0) is 13.7. The number of hydrogen-bond donors (Lipinski definition) is 0. The van der Waals surface area contributed by atoms with E-state index in [4.69, 9.17) is 4.74 Å². The third-order valence-electron chi connectivity index (χ3n) is 2.99. The lowest BCUT2D eigenvalue weighted by Crippen LogP contribution is -2.25. The topological polar surface area (TPSA) is 29.5 Å². The first-order valence-corrected chi connectivity index (χ1v) is 6.14. The highest BCUT2D eigenvalue weighted by Crippen LogP contribution is 2.14. The normalized spacial score (nSPS) is 10.0. The fraction of sp³-hybridized carbons (Fsp3) is 0.188. The van der Waals surface area contributed by atoms with E-state index in [0.29, 0.717) is 12.1 Å². The van der Waals surface area contributed by atoms with Crippen molar-refractivity contribution in [2.45, 2.75) is 0 Å². The summed E-state index contributed by atoms with van der Waals surface area (Å²) in [4.78, 5) is 14.1. The van der Waals surface area contributed by atoms with Gasteiger partial charge in [0.15, 0.2) is 5.78 Å². The predicted molar refractivity (Wildman–Crippen MR) is 77.0 cm³/mol. The zero-order valence-corrected chi connectivity index (χ0v) is 11.2. The molecule has 0 aromatic heterocycles. The van der Waals surface area contributed by atoms with Crippen LogP contribution in [-0.2, 0) is 0 Å². The molecule has 0 N–H and O–H groups in total. The summed E-state index contributed by atoms with van der Waals surface area (Å²) in [6.07, 6.45) is 0. The number of para-hydroxylation sites is 1. The van der Waals surface area contributed by atoms with Gasteiger partial charge in [-0.3, -0.25) is 4.79 Å². The lowest BCUT2D eigenvalue weighted by molar-refractivity contribution is 0.100. The molecular weight excluding hydrogens is 238 g/mol. The second-order valence-corrected chi connectivity index (χ2v) is 4.34. The second-order valence-electron chi connectivity index (χ2n) is 4.34. The first-order chi connectivity index (χ1) is 9.20. The molecule has 0 amide bonds. The van der Waals surface area contributed by atoms with Crippen molar-refractivity contribution in [2.24, 2.45) is 0 Å². The molecule has 0 aliphatic carbocycles. The number of nitrogens with zero attached hydrogens (tertiary/aromatic N) is 1. The van der Waals surface area contributed by atoms with Crippen molar-refractivity contribution in [3.8, 4) is 5.75 Å². The van der Waals surface area contributed by atoms with Gasteiger partial charge in [0.05, 0.1) is 13.7 Å². The summed E-state index contributed by atoms with van der Waals surface area (Å²) in [5.74, 6) is 0.849.